The van der Waals surface area contributed by atoms with E-state index in [-0.39, 0.29) is 11.7 Å². The highest BCUT2D eigenvalue weighted by atomic mass is 32.1. The average Bonchev–Trinajstić information content (AvgIpc) is 2.91. The Bertz CT molecular complexity index is 522. The molecule has 5 heteroatoms. The molecule has 1 aromatic heterocycles. The Hall–Kier alpha value is -1.85. The van der Waals surface area contributed by atoms with Crippen molar-refractivity contribution in [1.82, 2.24) is 0 Å². The lowest BCUT2D eigenvalue weighted by atomic mass is 10.2. The van der Waals surface area contributed by atoms with Crippen LogP contribution in [0.1, 0.15) is 10.9 Å². The summed E-state index contributed by atoms with van der Waals surface area (Å²) in [7, 11) is 1.67. The normalized spacial score (nSPS) is 12.1. The number of thiophene rings is 1. The van der Waals surface area contributed by atoms with Crippen molar-refractivity contribution in [2.45, 2.75) is 6.04 Å². The number of phenolic OH excluding ortho intramolecular Hbond substituents is 1. The van der Waals surface area contributed by atoms with E-state index in [2.05, 4.69) is 0 Å². The van der Waals surface area contributed by atoms with Crippen LogP contribution in [0.25, 0.3) is 0 Å². The van der Waals surface area contributed by atoms with Crippen LogP contribution in [0.2, 0.25) is 0 Å². The molecule has 1 aromatic carbocycles. The van der Waals surface area contributed by atoms with Crippen LogP contribution in [-0.4, -0.2) is 18.1 Å². The number of nitrogens with zero attached hydrogens (tertiary/aromatic N) is 1. The van der Waals surface area contributed by atoms with E-state index in [1.807, 2.05) is 17.5 Å². The Balaban J connectivity index is 2.16. The van der Waals surface area contributed by atoms with Crippen molar-refractivity contribution < 1.29 is 9.90 Å². The number of anilines is 1. The summed E-state index contributed by atoms with van der Waals surface area (Å²) in [5, 5.41) is 11.1. The van der Waals surface area contributed by atoms with E-state index < -0.39 is 6.04 Å². The molecule has 1 atom stereocenters. The summed E-state index contributed by atoms with van der Waals surface area (Å²) in [5.41, 5.74) is 6.62. The van der Waals surface area contributed by atoms with Crippen molar-refractivity contribution in [3.05, 3.63) is 46.7 Å². The molecule has 2 rings (SSSR count). The predicted octanol–water partition coefficient (Wildman–Crippen LogP) is 2.12. The Morgan fingerprint density at radius 1 is 1.33 bits per heavy atom. The molecule has 0 aliphatic rings. The lowest BCUT2D eigenvalue weighted by Gasteiger charge is -2.20. The molecule has 0 fully saturated rings. The molecule has 0 spiro atoms. The molecule has 0 saturated heterocycles. The van der Waals surface area contributed by atoms with Crippen LogP contribution in [-0.2, 0) is 4.79 Å². The number of benzene rings is 1. The van der Waals surface area contributed by atoms with E-state index in [4.69, 9.17) is 5.73 Å². The van der Waals surface area contributed by atoms with Gasteiger partial charge in [0.15, 0.2) is 0 Å². The van der Waals surface area contributed by atoms with Gasteiger partial charge >= 0.3 is 0 Å². The molecule has 0 saturated carbocycles. The summed E-state index contributed by atoms with van der Waals surface area (Å²) < 4.78 is 0. The standard InChI is InChI=1S/C13H14N2O2S/c1-15(9-4-6-10(16)7-5-9)13(17)12(14)11-3-2-8-18-11/h2-8,12,16H,14H2,1H3. The lowest BCUT2D eigenvalue weighted by molar-refractivity contribution is -0.119. The van der Waals surface area contributed by atoms with Gasteiger partial charge in [0.2, 0.25) is 5.91 Å². The predicted molar refractivity (Wildman–Crippen MR) is 72.8 cm³/mol. The largest absolute Gasteiger partial charge is 0.508 e. The highest BCUT2D eigenvalue weighted by Crippen LogP contribution is 2.22. The van der Waals surface area contributed by atoms with Gasteiger partial charge in [0.1, 0.15) is 11.8 Å². The van der Waals surface area contributed by atoms with E-state index in [9.17, 15) is 9.90 Å². The zero-order valence-corrected chi connectivity index (χ0v) is 10.7. The number of carbonyl (C=O) groups excluding carboxylic acids is 1. The number of hydrogen-bond donors (Lipinski definition) is 2. The highest BCUT2D eigenvalue weighted by Gasteiger charge is 2.21. The molecule has 1 heterocycles. The minimum atomic E-state index is -0.649. The Kier molecular flexibility index (Phi) is 3.64. The second-order valence-corrected chi connectivity index (χ2v) is 4.89. The molecule has 3 N–H and O–H groups in total. The Morgan fingerprint density at radius 3 is 2.56 bits per heavy atom. The van der Waals surface area contributed by atoms with Gasteiger partial charge in [0.25, 0.3) is 0 Å². The molecule has 0 aliphatic heterocycles. The van der Waals surface area contributed by atoms with Crippen molar-refractivity contribution in [3.8, 4) is 5.75 Å². The number of rotatable bonds is 3. The Labute approximate surface area is 109 Å². The summed E-state index contributed by atoms with van der Waals surface area (Å²) in [6.45, 7) is 0. The quantitative estimate of drug-likeness (QED) is 0.890. The maximum absolute atomic E-state index is 12.2. The second-order valence-electron chi connectivity index (χ2n) is 3.91. The fourth-order valence-corrected chi connectivity index (χ4v) is 2.32. The van der Waals surface area contributed by atoms with Crippen LogP contribution < -0.4 is 10.6 Å². The topological polar surface area (TPSA) is 66.6 Å². The molecule has 1 unspecified atom stereocenters. The lowest BCUT2D eigenvalue weighted by Crippen LogP contribution is -2.35. The van der Waals surface area contributed by atoms with Crippen molar-refractivity contribution in [2.24, 2.45) is 5.73 Å². The third-order valence-corrected chi connectivity index (χ3v) is 3.64. The van der Waals surface area contributed by atoms with Gasteiger partial charge in [-0.05, 0) is 35.7 Å². The summed E-state index contributed by atoms with van der Waals surface area (Å²) in [4.78, 5) is 14.5. The fraction of sp³-hybridized carbons (Fsp3) is 0.154. The van der Waals surface area contributed by atoms with E-state index in [1.54, 1.807) is 19.2 Å². The molecule has 18 heavy (non-hydrogen) atoms. The number of aromatic hydroxyl groups is 1. The number of phenols is 1. The maximum Gasteiger partial charge on any atom is 0.249 e. The summed E-state index contributed by atoms with van der Waals surface area (Å²) >= 11 is 1.46. The molecule has 0 aliphatic carbocycles. The van der Waals surface area contributed by atoms with Crippen LogP contribution in [0.15, 0.2) is 41.8 Å². The molecule has 4 nitrogen and oxygen atoms in total. The van der Waals surface area contributed by atoms with E-state index in [1.165, 1.54) is 28.4 Å². The number of nitrogens with two attached hydrogens (primary N) is 1. The fourth-order valence-electron chi connectivity index (χ4n) is 1.60. The van der Waals surface area contributed by atoms with Crippen LogP contribution in [0.5, 0.6) is 5.75 Å². The van der Waals surface area contributed by atoms with Gasteiger partial charge in [-0.3, -0.25) is 4.79 Å². The molecular weight excluding hydrogens is 248 g/mol. The smallest absolute Gasteiger partial charge is 0.249 e. The number of hydrogen-bond acceptors (Lipinski definition) is 4. The van der Waals surface area contributed by atoms with Crippen molar-refractivity contribution in [1.29, 1.82) is 0 Å². The van der Waals surface area contributed by atoms with E-state index in [0.717, 1.165) is 4.88 Å². The molecule has 94 valence electrons. The van der Waals surface area contributed by atoms with Crippen LogP contribution in [0, 0.1) is 0 Å². The third-order valence-electron chi connectivity index (χ3n) is 2.68. The van der Waals surface area contributed by atoms with Gasteiger partial charge < -0.3 is 15.7 Å². The van der Waals surface area contributed by atoms with Crippen molar-refractivity contribution >= 4 is 22.9 Å². The zero-order valence-electron chi connectivity index (χ0n) is 9.91. The van der Waals surface area contributed by atoms with Gasteiger partial charge in [0.05, 0.1) is 0 Å². The van der Waals surface area contributed by atoms with Gasteiger partial charge in [-0.25, -0.2) is 0 Å². The minimum Gasteiger partial charge on any atom is -0.508 e. The van der Waals surface area contributed by atoms with Gasteiger partial charge in [0, 0.05) is 17.6 Å². The van der Waals surface area contributed by atoms with E-state index >= 15 is 0 Å². The molecule has 0 bridgehead atoms. The van der Waals surface area contributed by atoms with Crippen LogP contribution in [0.3, 0.4) is 0 Å². The first kappa shape index (κ1) is 12.6. The summed E-state index contributed by atoms with van der Waals surface area (Å²) in [6.07, 6.45) is 0. The Morgan fingerprint density at radius 2 is 2.00 bits per heavy atom. The van der Waals surface area contributed by atoms with E-state index in [0.29, 0.717) is 5.69 Å². The van der Waals surface area contributed by atoms with Crippen molar-refractivity contribution in [3.63, 3.8) is 0 Å². The third kappa shape index (κ3) is 2.52. The number of likely N-dealkylation sites (N-methyl/N-ethyl adjacent to an activating group) is 1. The molecule has 2 aromatic rings. The zero-order chi connectivity index (χ0) is 13.1. The minimum absolute atomic E-state index is 0.169. The summed E-state index contributed by atoms with van der Waals surface area (Å²) in [6, 6.07) is 9.49. The van der Waals surface area contributed by atoms with Crippen LogP contribution in [0.4, 0.5) is 5.69 Å². The first-order valence-electron chi connectivity index (χ1n) is 5.45. The first-order valence-corrected chi connectivity index (χ1v) is 6.33. The maximum atomic E-state index is 12.2. The second kappa shape index (κ2) is 5.20. The van der Waals surface area contributed by atoms with Gasteiger partial charge in [-0.15, -0.1) is 11.3 Å². The number of amides is 1. The molecule has 1 amide bonds. The summed E-state index contributed by atoms with van der Waals surface area (Å²) in [5.74, 6) is -0.00899. The highest BCUT2D eigenvalue weighted by molar-refractivity contribution is 7.10. The SMILES string of the molecule is CN(C(=O)C(N)c1cccs1)c1ccc(O)cc1. The van der Waals surface area contributed by atoms with Gasteiger partial charge in [-0.1, -0.05) is 6.07 Å². The van der Waals surface area contributed by atoms with Crippen LogP contribution >= 0.6 is 11.3 Å². The van der Waals surface area contributed by atoms with Crippen molar-refractivity contribution in [2.75, 3.05) is 11.9 Å². The average molecular weight is 262 g/mol. The molecule has 0 radical (unpaired) electrons. The number of carbonyl (C=O) groups is 1. The van der Waals surface area contributed by atoms with Gasteiger partial charge in [-0.2, -0.15) is 0 Å². The molecular formula is C13H14N2O2S. The first-order chi connectivity index (χ1) is 8.59. The monoisotopic (exact) mass is 262 g/mol.